The van der Waals surface area contributed by atoms with Crippen LogP contribution >= 0.6 is 0 Å². The number of rotatable bonds is 5. The second kappa shape index (κ2) is 8.27. The molecule has 28 heavy (non-hydrogen) atoms. The minimum absolute atomic E-state index is 0.0648. The lowest BCUT2D eigenvalue weighted by molar-refractivity contribution is 0.0695. The van der Waals surface area contributed by atoms with Crippen LogP contribution < -0.4 is 0 Å². The maximum atomic E-state index is 12.8. The van der Waals surface area contributed by atoms with Gasteiger partial charge >= 0.3 is 5.97 Å². The molecule has 0 spiro atoms. The van der Waals surface area contributed by atoms with Crippen molar-refractivity contribution >= 4 is 11.8 Å². The van der Waals surface area contributed by atoms with Crippen molar-refractivity contribution in [3.63, 3.8) is 0 Å². The Bertz CT molecular complexity index is 853. The molecule has 2 aliphatic rings. The van der Waals surface area contributed by atoms with Crippen molar-refractivity contribution in [2.75, 3.05) is 19.6 Å². The van der Waals surface area contributed by atoms with E-state index in [0.717, 1.165) is 50.0 Å². The number of piperidine rings is 1. The van der Waals surface area contributed by atoms with Crippen molar-refractivity contribution < 1.29 is 14.7 Å². The summed E-state index contributed by atoms with van der Waals surface area (Å²) in [6.45, 7) is 3.17. The van der Waals surface area contributed by atoms with Crippen molar-refractivity contribution in [2.45, 2.75) is 38.0 Å². The number of Topliss-reactive ketones (excluding diaryl/α,β-unsaturated/α-hetero) is 1. The number of likely N-dealkylation sites (tertiary alicyclic amines) is 1. The lowest BCUT2D eigenvalue weighted by Crippen LogP contribution is -2.35. The second-order valence-corrected chi connectivity index (χ2v) is 8.09. The lowest BCUT2D eigenvalue weighted by atomic mass is 9.80. The van der Waals surface area contributed by atoms with E-state index in [0.29, 0.717) is 5.92 Å². The zero-order valence-electron chi connectivity index (χ0n) is 16.1. The number of carbonyl (C=O) groups excluding carboxylic acids is 1. The van der Waals surface area contributed by atoms with Crippen LogP contribution in [0.2, 0.25) is 0 Å². The van der Waals surface area contributed by atoms with Crippen LogP contribution in [0.15, 0.2) is 48.5 Å². The minimum atomic E-state index is -0.934. The fraction of sp³-hybridized carbons (Fsp3) is 0.417. The first-order valence-corrected chi connectivity index (χ1v) is 10.3. The van der Waals surface area contributed by atoms with E-state index in [1.807, 2.05) is 0 Å². The molecule has 0 amide bonds. The first kappa shape index (κ1) is 18.9. The molecule has 0 radical (unpaired) electrons. The third-order valence-electron chi connectivity index (χ3n) is 6.40. The van der Waals surface area contributed by atoms with Gasteiger partial charge in [-0.25, -0.2) is 4.79 Å². The number of hydrogen-bond acceptors (Lipinski definition) is 3. The Morgan fingerprint density at radius 1 is 1.04 bits per heavy atom. The SMILES string of the molecule is O=C(O)c1ccc2c(c1)CCC(CCN1CCC(c3ccccc3)CC1)C2=O. The molecule has 1 heterocycles. The average molecular weight is 377 g/mol. The van der Waals surface area contributed by atoms with Crippen LogP contribution in [-0.4, -0.2) is 41.4 Å². The highest BCUT2D eigenvalue weighted by Crippen LogP contribution is 2.31. The number of ketones is 1. The van der Waals surface area contributed by atoms with Crippen molar-refractivity contribution in [3.8, 4) is 0 Å². The summed E-state index contributed by atoms with van der Waals surface area (Å²) in [5.41, 5.74) is 3.34. The molecule has 4 rings (SSSR count). The standard InChI is InChI=1S/C24H27NO3/c26-23-19(6-7-20-16-21(24(27)28)8-9-22(20)23)12-15-25-13-10-18(11-14-25)17-4-2-1-3-5-17/h1-5,8-9,16,18-19H,6-7,10-15H2,(H,27,28). The topological polar surface area (TPSA) is 57.6 Å². The van der Waals surface area contributed by atoms with Gasteiger partial charge in [0.05, 0.1) is 5.56 Å². The summed E-state index contributed by atoms with van der Waals surface area (Å²) in [5, 5.41) is 9.13. The van der Waals surface area contributed by atoms with Crippen LogP contribution in [-0.2, 0) is 6.42 Å². The first-order valence-electron chi connectivity index (χ1n) is 10.3. The van der Waals surface area contributed by atoms with Gasteiger partial charge in [0.15, 0.2) is 5.78 Å². The molecule has 1 unspecified atom stereocenters. The second-order valence-electron chi connectivity index (χ2n) is 8.09. The summed E-state index contributed by atoms with van der Waals surface area (Å²) in [7, 11) is 0. The highest BCUT2D eigenvalue weighted by atomic mass is 16.4. The first-order chi connectivity index (χ1) is 13.6. The van der Waals surface area contributed by atoms with Crippen LogP contribution in [0.1, 0.15) is 63.4 Å². The van der Waals surface area contributed by atoms with Gasteiger partial charge in [-0.1, -0.05) is 36.4 Å². The van der Waals surface area contributed by atoms with Gasteiger partial charge in [0, 0.05) is 11.5 Å². The summed E-state index contributed by atoms with van der Waals surface area (Å²) >= 11 is 0. The van der Waals surface area contributed by atoms with Crippen LogP contribution in [0, 0.1) is 5.92 Å². The highest BCUT2D eigenvalue weighted by molar-refractivity contribution is 6.01. The molecule has 0 saturated carbocycles. The molecule has 0 bridgehead atoms. The number of benzene rings is 2. The summed E-state index contributed by atoms with van der Waals surface area (Å²) in [6.07, 6.45) is 4.89. The maximum Gasteiger partial charge on any atom is 0.335 e. The van der Waals surface area contributed by atoms with Gasteiger partial charge in [-0.15, -0.1) is 0 Å². The van der Waals surface area contributed by atoms with Gasteiger partial charge < -0.3 is 10.0 Å². The summed E-state index contributed by atoms with van der Waals surface area (Å²) in [4.78, 5) is 26.5. The van der Waals surface area contributed by atoms with Crippen LogP contribution in [0.3, 0.4) is 0 Å². The predicted octanol–water partition coefficient (Wildman–Crippen LogP) is 4.40. The Morgan fingerprint density at radius 2 is 1.79 bits per heavy atom. The van der Waals surface area contributed by atoms with Gasteiger partial charge in [-0.2, -0.15) is 0 Å². The normalized spacial score (nSPS) is 20.7. The number of hydrogen-bond donors (Lipinski definition) is 1. The highest BCUT2D eigenvalue weighted by Gasteiger charge is 2.29. The number of carbonyl (C=O) groups is 2. The molecule has 4 heteroatoms. The molecule has 1 aliphatic carbocycles. The van der Waals surface area contributed by atoms with Gasteiger partial charge in [-0.3, -0.25) is 4.79 Å². The lowest BCUT2D eigenvalue weighted by Gasteiger charge is -2.33. The third kappa shape index (κ3) is 4.02. The Morgan fingerprint density at radius 3 is 2.50 bits per heavy atom. The van der Waals surface area contributed by atoms with Crippen molar-refractivity contribution in [1.29, 1.82) is 0 Å². The summed E-state index contributed by atoms with van der Waals surface area (Å²) < 4.78 is 0. The van der Waals surface area contributed by atoms with E-state index in [-0.39, 0.29) is 17.3 Å². The zero-order valence-corrected chi connectivity index (χ0v) is 16.1. The quantitative estimate of drug-likeness (QED) is 0.839. The number of nitrogens with zero attached hydrogens (tertiary/aromatic N) is 1. The molecule has 4 nitrogen and oxygen atoms in total. The fourth-order valence-corrected chi connectivity index (χ4v) is 4.68. The predicted molar refractivity (Wildman–Crippen MR) is 109 cm³/mol. The van der Waals surface area contributed by atoms with Crippen molar-refractivity contribution in [1.82, 2.24) is 4.90 Å². The molecular formula is C24H27NO3. The monoisotopic (exact) mass is 377 g/mol. The summed E-state index contributed by atoms with van der Waals surface area (Å²) in [5.74, 6) is -0.0206. The van der Waals surface area contributed by atoms with Gasteiger partial charge in [0.1, 0.15) is 0 Å². The molecule has 0 aromatic heterocycles. The molecule has 2 aromatic rings. The smallest absolute Gasteiger partial charge is 0.335 e. The number of carboxylic acids is 1. The van der Waals surface area contributed by atoms with E-state index in [1.54, 1.807) is 18.2 Å². The van der Waals surface area contributed by atoms with Gasteiger partial charge in [0.2, 0.25) is 0 Å². The number of aromatic carboxylic acids is 1. The van der Waals surface area contributed by atoms with E-state index in [9.17, 15) is 9.59 Å². The third-order valence-corrected chi connectivity index (χ3v) is 6.40. The van der Waals surface area contributed by atoms with Gasteiger partial charge in [0.25, 0.3) is 0 Å². The Kier molecular flexibility index (Phi) is 5.58. The largest absolute Gasteiger partial charge is 0.478 e. The Balaban J connectivity index is 1.30. The minimum Gasteiger partial charge on any atom is -0.478 e. The molecule has 1 N–H and O–H groups in total. The van der Waals surface area contributed by atoms with E-state index in [1.165, 1.54) is 18.4 Å². The van der Waals surface area contributed by atoms with Crippen LogP contribution in [0.25, 0.3) is 0 Å². The van der Waals surface area contributed by atoms with E-state index in [4.69, 9.17) is 5.11 Å². The Hall–Kier alpha value is -2.46. The molecular weight excluding hydrogens is 350 g/mol. The average Bonchev–Trinajstić information content (AvgIpc) is 2.74. The fourth-order valence-electron chi connectivity index (χ4n) is 4.68. The maximum absolute atomic E-state index is 12.8. The molecule has 1 saturated heterocycles. The number of aryl methyl sites for hydroxylation is 1. The number of fused-ring (bicyclic) bond motifs is 1. The van der Waals surface area contributed by atoms with Gasteiger partial charge in [-0.05, 0) is 80.9 Å². The molecule has 1 fully saturated rings. The van der Waals surface area contributed by atoms with E-state index >= 15 is 0 Å². The molecule has 1 atom stereocenters. The van der Waals surface area contributed by atoms with E-state index < -0.39 is 5.97 Å². The van der Waals surface area contributed by atoms with E-state index in [2.05, 4.69) is 35.2 Å². The van der Waals surface area contributed by atoms with Crippen molar-refractivity contribution in [3.05, 3.63) is 70.8 Å². The molecule has 2 aromatic carbocycles. The molecule has 1 aliphatic heterocycles. The van der Waals surface area contributed by atoms with Crippen molar-refractivity contribution in [2.24, 2.45) is 5.92 Å². The zero-order chi connectivity index (χ0) is 19.5. The van der Waals surface area contributed by atoms with Crippen LogP contribution in [0.4, 0.5) is 0 Å². The molecule has 146 valence electrons. The number of carboxylic acid groups (broad SMARTS) is 1. The Labute approximate surface area is 166 Å². The summed E-state index contributed by atoms with van der Waals surface area (Å²) in [6, 6.07) is 15.7. The van der Waals surface area contributed by atoms with Crippen LogP contribution in [0.5, 0.6) is 0 Å².